The highest BCUT2D eigenvalue weighted by molar-refractivity contribution is 9.12. The van der Waals surface area contributed by atoms with Gasteiger partial charge in [-0.1, -0.05) is 50.1 Å². The van der Waals surface area contributed by atoms with Crippen LogP contribution in [0.1, 0.15) is 13.3 Å². The molecule has 1 rings (SSSR count). The summed E-state index contributed by atoms with van der Waals surface area (Å²) in [5.74, 6) is 0. The Labute approximate surface area is 72.3 Å². The van der Waals surface area contributed by atoms with Crippen LogP contribution >= 0.6 is 31.9 Å². The van der Waals surface area contributed by atoms with Crippen molar-refractivity contribution < 1.29 is 0 Å². The van der Waals surface area contributed by atoms with Crippen LogP contribution in [0.2, 0.25) is 0 Å². The van der Waals surface area contributed by atoms with Gasteiger partial charge in [0.05, 0.1) is 0 Å². The first-order valence-electron chi connectivity index (χ1n) is 2.83. The summed E-state index contributed by atoms with van der Waals surface area (Å²) >= 11 is 7.02. The molecule has 0 heterocycles. The fraction of sp³-hybridized carbons (Fsp3) is 0.429. The second kappa shape index (κ2) is 2.59. The molecule has 1 aliphatic carbocycles. The molecule has 0 N–H and O–H groups in total. The van der Waals surface area contributed by atoms with Gasteiger partial charge >= 0.3 is 0 Å². The molecule has 0 aromatic rings. The van der Waals surface area contributed by atoms with Crippen molar-refractivity contribution in [1.29, 1.82) is 0 Å². The lowest BCUT2D eigenvalue weighted by Crippen LogP contribution is -2.12. The summed E-state index contributed by atoms with van der Waals surface area (Å²) in [5, 5.41) is 0. The summed E-state index contributed by atoms with van der Waals surface area (Å²) in [7, 11) is 0. The number of alkyl halides is 1. The molecule has 1 aliphatic rings. The summed E-state index contributed by atoms with van der Waals surface area (Å²) < 4.78 is 1.42. The van der Waals surface area contributed by atoms with E-state index in [0.717, 1.165) is 6.42 Å². The van der Waals surface area contributed by atoms with Crippen molar-refractivity contribution in [2.75, 3.05) is 0 Å². The number of halogens is 2. The third-order valence-corrected chi connectivity index (χ3v) is 2.32. The lowest BCUT2D eigenvalue weighted by atomic mass is 10.0. The fourth-order valence-corrected chi connectivity index (χ4v) is 2.37. The smallest absolute Gasteiger partial charge is 0.0457 e. The Balaban J connectivity index is 2.73. The van der Waals surface area contributed by atoms with E-state index in [1.54, 1.807) is 0 Å². The third-order valence-electron chi connectivity index (χ3n) is 1.24. The molecule has 50 valence electrons. The average Bonchev–Trinajstić information content (AvgIpc) is 1.60. The first-order chi connectivity index (χ1) is 4.10. The second-order valence-corrected chi connectivity index (χ2v) is 5.26. The molecule has 0 nitrogen and oxygen atoms in total. The van der Waals surface area contributed by atoms with E-state index in [1.807, 2.05) is 0 Å². The molecule has 2 heteroatoms. The standard InChI is InChI=1S/C7H8Br2/c1-7(9)4-2-3-6(8)5-7/h2-4H,5H2,1H3. The van der Waals surface area contributed by atoms with Gasteiger partial charge in [-0.25, -0.2) is 0 Å². The Hall–Kier alpha value is 0.440. The summed E-state index contributed by atoms with van der Waals surface area (Å²) in [6.07, 6.45) is 7.33. The zero-order valence-corrected chi connectivity index (χ0v) is 8.37. The molecule has 1 atom stereocenters. The summed E-state index contributed by atoms with van der Waals surface area (Å²) in [4.78, 5) is 0. The van der Waals surface area contributed by atoms with Crippen molar-refractivity contribution in [3.05, 3.63) is 22.7 Å². The van der Waals surface area contributed by atoms with E-state index in [-0.39, 0.29) is 4.32 Å². The van der Waals surface area contributed by atoms with Gasteiger partial charge in [-0.2, -0.15) is 0 Å². The third kappa shape index (κ3) is 2.26. The molecule has 0 aliphatic heterocycles. The van der Waals surface area contributed by atoms with E-state index < -0.39 is 0 Å². The highest BCUT2D eigenvalue weighted by atomic mass is 79.9. The van der Waals surface area contributed by atoms with E-state index in [2.05, 4.69) is 57.0 Å². The van der Waals surface area contributed by atoms with Gasteiger partial charge in [0, 0.05) is 4.32 Å². The molecule has 0 spiro atoms. The Bertz CT molecular complexity index is 166. The van der Waals surface area contributed by atoms with Gasteiger partial charge in [-0.3, -0.25) is 0 Å². The second-order valence-electron chi connectivity index (χ2n) is 2.43. The van der Waals surface area contributed by atoms with Crippen molar-refractivity contribution in [1.82, 2.24) is 0 Å². The average molecular weight is 252 g/mol. The molecule has 0 radical (unpaired) electrons. The number of allylic oxidation sites excluding steroid dienone is 4. The number of rotatable bonds is 0. The molecule has 0 aromatic heterocycles. The molecular weight excluding hydrogens is 244 g/mol. The summed E-state index contributed by atoms with van der Waals surface area (Å²) in [6.45, 7) is 2.15. The van der Waals surface area contributed by atoms with Gasteiger partial charge < -0.3 is 0 Å². The van der Waals surface area contributed by atoms with Gasteiger partial charge in [0.2, 0.25) is 0 Å². The molecule has 9 heavy (non-hydrogen) atoms. The first-order valence-corrected chi connectivity index (χ1v) is 4.42. The van der Waals surface area contributed by atoms with Gasteiger partial charge in [-0.15, -0.1) is 0 Å². The topological polar surface area (TPSA) is 0 Å². The number of hydrogen-bond acceptors (Lipinski definition) is 0. The van der Waals surface area contributed by atoms with Crippen LogP contribution < -0.4 is 0 Å². The van der Waals surface area contributed by atoms with E-state index in [9.17, 15) is 0 Å². The first kappa shape index (κ1) is 7.55. The lowest BCUT2D eigenvalue weighted by molar-refractivity contribution is 0.809. The van der Waals surface area contributed by atoms with Gasteiger partial charge in [0.1, 0.15) is 0 Å². The van der Waals surface area contributed by atoms with Crippen LogP contribution in [-0.4, -0.2) is 4.32 Å². The minimum absolute atomic E-state index is 0.167. The normalized spacial score (nSPS) is 34.3. The van der Waals surface area contributed by atoms with Gasteiger partial charge in [0.15, 0.2) is 0 Å². The summed E-state index contributed by atoms with van der Waals surface area (Å²) in [6, 6.07) is 0. The minimum Gasteiger partial charge on any atom is -0.0807 e. The fourth-order valence-electron chi connectivity index (χ4n) is 0.801. The van der Waals surface area contributed by atoms with Crippen LogP contribution in [0.4, 0.5) is 0 Å². The van der Waals surface area contributed by atoms with Crippen molar-refractivity contribution >= 4 is 31.9 Å². The van der Waals surface area contributed by atoms with Crippen molar-refractivity contribution in [3.63, 3.8) is 0 Å². The Kier molecular flexibility index (Phi) is 2.17. The van der Waals surface area contributed by atoms with Gasteiger partial charge in [-0.05, 0) is 17.8 Å². The van der Waals surface area contributed by atoms with Crippen molar-refractivity contribution in [3.8, 4) is 0 Å². The highest BCUT2D eigenvalue weighted by Crippen LogP contribution is 2.32. The van der Waals surface area contributed by atoms with Crippen LogP contribution in [0.3, 0.4) is 0 Å². The Morgan fingerprint density at radius 2 is 2.33 bits per heavy atom. The zero-order chi connectivity index (χ0) is 6.91. The van der Waals surface area contributed by atoms with Crippen LogP contribution in [0.5, 0.6) is 0 Å². The van der Waals surface area contributed by atoms with Crippen LogP contribution in [0.25, 0.3) is 0 Å². The quantitative estimate of drug-likeness (QED) is 0.579. The lowest BCUT2D eigenvalue weighted by Gasteiger charge is -2.19. The Morgan fingerprint density at radius 1 is 1.67 bits per heavy atom. The SMILES string of the molecule is CC1(Br)C=CC=C(Br)C1. The predicted molar refractivity (Wildman–Crippen MR) is 48.1 cm³/mol. The maximum atomic E-state index is 3.58. The minimum atomic E-state index is 0.167. The maximum Gasteiger partial charge on any atom is 0.0457 e. The molecule has 0 amide bonds. The monoisotopic (exact) mass is 250 g/mol. The molecule has 0 aromatic carbocycles. The van der Waals surface area contributed by atoms with Crippen LogP contribution in [0, 0.1) is 0 Å². The highest BCUT2D eigenvalue weighted by Gasteiger charge is 2.18. The predicted octanol–water partition coefficient (Wildman–Crippen LogP) is 3.38. The molecule has 0 fully saturated rings. The Morgan fingerprint density at radius 3 is 2.67 bits per heavy atom. The van der Waals surface area contributed by atoms with Crippen LogP contribution in [-0.2, 0) is 0 Å². The summed E-state index contributed by atoms with van der Waals surface area (Å²) in [5.41, 5.74) is 0. The molecule has 0 saturated heterocycles. The molecular formula is C7H8Br2. The van der Waals surface area contributed by atoms with E-state index >= 15 is 0 Å². The number of hydrogen-bond donors (Lipinski definition) is 0. The maximum absolute atomic E-state index is 3.58. The molecule has 0 bridgehead atoms. The van der Waals surface area contributed by atoms with Crippen molar-refractivity contribution in [2.45, 2.75) is 17.7 Å². The van der Waals surface area contributed by atoms with Crippen LogP contribution in [0.15, 0.2) is 22.7 Å². The molecule has 0 saturated carbocycles. The van der Waals surface area contributed by atoms with E-state index in [0.29, 0.717) is 0 Å². The van der Waals surface area contributed by atoms with Crippen molar-refractivity contribution in [2.24, 2.45) is 0 Å². The molecule has 1 unspecified atom stereocenters. The zero-order valence-electron chi connectivity index (χ0n) is 5.20. The van der Waals surface area contributed by atoms with E-state index in [1.165, 1.54) is 4.48 Å². The largest absolute Gasteiger partial charge is 0.0807 e. The van der Waals surface area contributed by atoms with E-state index in [4.69, 9.17) is 0 Å². The van der Waals surface area contributed by atoms with Gasteiger partial charge in [0.25, 0.3) is 0 Å².